The van der Waals surface area contributed by atoms with E-state index in [4.69, 9.17) is 0 Å². The van der Waals surface area contributed by atoms with Crippen LogP contribution >= 0.6 is 0 Å². The summed E-state index contributed by atoms with van der Waals surface area (Å²) in [6, 6.07) is 5.81. The minimum atomic E-state index is -4.90. The van der Waals surface area contributed by atoms with Gasteiger partial charge in [-0.3, -0.25) is 4.79 Å². The van der Waals surface area contributed by atoms with E-state index in [9.17, 15) is 23.1 Å². The summed E-state index contributed by atoms with van der Waals surface area (Å²) in [4.78, 5) is 10.8. The van der Waals surface area contributed by atoms with Crippen molar-refractivity contribution in [2.75, 3.05) is 0 Å². The van der Waals surface area contributed by atoms with Gasteiger partial charge in [0.2, 0.25) is 0 Å². The van der Waals surface area contributed by atoms with E-state index in [-0.39, 0.29) is 6.42 Å². The lowest BCUT2D eigenvalue weighted by molar-refractivity contribution is -0.174. The van der Waals surface area contributed by atoms with E-state index in [1.54, 1.807) is 24.3 Å². The molecule has 0 radical (unpaired) electrons. The van der Waals surface area contributed by atoms with Gasteiger partial charge in [-0.1, -0.05) is 24.3 Å². The van der Waals surface area contributed by atoms with Crippen LogP contribution in [0.3, 0.4) is 0 Å². The molecule has 2 N–H and O–H groups in total. The van der Waals surface area contributed by atoms with Crippen LogP contribution in [0.15, 0.2) is 24.3 Å². The van der Waals surface area contributed by atoms with E-state index in [1.807, 2.05) is 5.32 Å². The zero-order valence-electron chi connectivity index (χ0n) is 8.66. The van der Waals surface area contributed by atoms with Crippen molar-refractivity contribution in [3.63, 3.8) is 0 Å². The Morgan fingerprint density at radius 3 is 2.47 bits per heavy atom. The molecule has 0 spiro atoms. The number of rotatable bonds is 1. The lowest BCUT2D eigenvalue weighted by atomic mass is 10.1. The molecule has 2 atom stereocenters. The Labute approximate surface area is 95.3 Å². The number of fused-ring (bicyclic) bond motifs is 1. The Bertz CT molecular complexity index is 445. The number of nitrogens with one attached hydrogen (secondary N) is 1. The van der Waals surface area contributed by atoms with Gasteiger partial charge in [-0.05, 0) is 11.1 Å². The summed E-state index contributed by atoms with van der Waals surface area (Å²) in [6.45, 7) is 0. The van der Waals surface area contributed by atoms with Gasteiger partial charge in [-0.15, -0.1) is 0 Å². The molecule has 0 fully saturated rings. The highest BCUT2D eigenvalue weighted by Gasteiger charge is 2.41. The molecule has 1 unspecified atom stereocenters. The van der Waals surface area contributed by atoms with Gasteiger partial charge in [0.15, 0.2) is 0 Å². The molecule has 1 aromatic rings. The molecule has 2 rings (SSSR count). The van der Waals surface area contributed by atoms with Crippen LogP contribution in [0.1, 0.15) is 29.7 Å². The zero-order valence-corrected chi connectivity index (χ0v) is 8.66. The van der Waals surface area contributed by atoms with Crippen molar-refractivity contribution in [2.24, 2.45) is 0 Å². The fourth-order valence-corrected chi connectivity index (χ4v) is 1.99. The van der Waals surface area contributed by atoms with Crippen molar-refractivity contribution < 1.29 is 23.1 Å². The summed E-state index contributed by atoms with van der Waals surface area (Å²) in [7, 11) is 0. The van der Waals surface area contributed by atoms with Crippen LogP contribution < -0.4 is 5.32 Å². The fourth-order valence-electron chi connectivity index (χ4n) is 1.99. The van der Waals surface area contributed by atoms with Crippen molar-refractivity contribution >= 4 is 5.91 Å². The molecule has 1 aliphatic rings. The number of hydrogen-bond acceptors (Lipinski definition) is 2. The first kappa shape index (κ1) is 11.9. The molecule has 0 saturated carbocycles. The van der Waals surface area contributed by atoms with Crippen molar-refractivity contribution in [1.29, 1.82) is 0 Å². The first-order valence-electron chi connectivity index (χ1n) is 5.04. The summed E-state index contributed by atoms with van der Waals surface area (Å²) >= 11 is 0. The lowest BCUT2D eigenvalue weighted by Gasteiger charge is -2.15. The number of carbonyl (C=O) groups excluding carboxylic acids is 1. The molecule has 1 amide bonds. The van der Waals surface area contributed by atoms with Crippen LogP contribution in [0.5, 0.6) is 0 Å². The minimum absolute atomic E-state index is 0.0706. The molecule has 1 aliphatic carbocycles. The maximum atomic E-state index is 12.1. The van der Waals surface area contributed by atoms with E-state index in [0.29, 0.717) is 11.1 Å². The average molecular weight is 245 g/mol. The van der Waals surface area contributed by atoms with E-state index < -0.39 is 24.2 Å². The number of aliphatic hydroxyl groups is 1. The molecule has 3 nitrogen and oxygen atoms in total. The number of hydrogen-bond donors (Lipinski definition) is 2. The second-order valence-electron chi connectivity index (χ2n) is 3.90. The predicted octanol–water partition coefficient (Wildman–Crippen LogP) is 1.84. The van der Waals surface area contributed by atoms with E-state index in [2.05, 4.69) is 0 Å². The van der Waals surface area contributed by atoms with Crippen molar-refractivity contribution in [3.8, 4) is 0 Å². The molecule has 0 saturated heterocycles. The second kappa shape index (κ2) is 4.03. The van der Waals surface area contributed by atoms with Gasteiger partial charge in [-0.25, -0.2) is 0 Å². The predicted molar refractivity (Wildman–Crippen MR) is 53.0 cm³/mol. The van der Waals surface area contributed by atoms with Crippen LogP contribution in [-0.4, -0.2) is 17.2 Å². The van der Waals surface area contributed by atoms with Crippen LogP contribution in [0.2, 0.25) is 0 Å². The van der Waals surface area contributed by atoms with Gasteiger partial charge in [-0.2, -0.15) is 13.2 Å². The number of alkyl halides is 3. The molecule has 17 heavy (non-hydrogen) atoms. The summed E-state index contributed by atoms with van der Waals surface area (Å²) in [6.07, 6.45) is -5.66. The number of amides is 1. The molecular formula is C11H10F3NO2. The van der Waals surface area contributed by atoms with Crippen molar-refractivity contribution in [1.82, 2.24) is 5.32 Å². The lowest BCUT2D eigenvalue weighted by Crippen LogP contribution is -2.38. The Morgan fingerprint density at radius 1 is 1.29 bits per heavy atom. The van der Waals surface area contributed by atoms with E-state index in [0.717, 1.165) is 0 Å². The summed E-state index contributed by atoms with van der Waals surface area (Å²) in [5, 5.41) is 11.5. The van der Waals surface area contributed by atoms with Crippen molar-refractivity contribution in [3.05, 3.63) is 35.4 Å². The average Bonchev–Trinajstić information content (AvgIpc) is 2.56. The normalized spacial score (nSPS) is 23.3. The second-order valence-corrected chi connectivity index (χ2v) is 3.90. The minimum Gasteiger partial charge on any atom is -0.388 e. The quantitative estimate of drug-likeness (QED) is 0.793. The molecule has 6 heteroatoms. The third kappa shape index (κ3) is 2.26. The fraction of sp³-hybridized carbons (Fsp3) is 0.364. The SMILES string of the molecule is O=C(N[C@H]1CC(O)c2ccccc21)C(F)(F)F. The molecule has 92 valence electrons. The van der Waals surface area contributed by atoms with Gasteiger partial charge in [0.25, 0.3) is 0 Å². The number of aliphatic hydroxyl groups excluding tert-OH is 1. The molecule has 0 bridgehead atoms. The monoisotopic (exact) mass is 245 g/mol. The highest BCUT2D eigenvalue weighted by molar-refractivity contribution is 5.82. The van der Waals surface area contributed by atoms with Gasteiger partial charge in [0.1, 0.15) is 0 Å². The molecule has 1 aromatic carbocycles. The summed E-state index contributed by atoms with van der Waals surface area (Å²) in [5.41, 5.74) is 1.11. The van der Waals surface area contributed by atoms with Gasteiger partial charge in [0.05, 0.1) is 12.1 Å². The Kier molecular flexibility index (Phi) is 2.82. The first-order chi connectivity index (χ1) is 7.89. The summed E-state index contributed by atoms with van der Waals surface area (Å²) < 4.78 is 36.3. The van der Waals surface area contributed by atoms with Crippen LogP contribution in [-0.2, 0) is 4.79 Å². The largest absolute Gasteiger partial charge is 0.471 e. The van der Waals surface area contributed by atoms with Crippen molar-refractivity contribution in [2.45, 2.75) is 24.7 Å². The van der Waals surface area contributed by atoms with Crippen LogP contribution in [0, 0.1) is 0 Å². The number of carbonyl (C=O) groups is 1. The molecular weight excluding hydrogens is 235 g/mol. The smallest absolute Gasteiger partial charge is 0.388 e. The summed E-state index contributed by atoms with van der Waals surface area (Å²) in [5.74, 6) is -1.98. The van der Waals surface area contributed by atoms with Crippen LogP contribution in [0.4, 0.5) is 13.2 Å². The van der Waals surface area contributed by atoms with E-state index >= 15 is 0 Å². The maximum absolute atomic E-state index is 12.1. The zero-order chi connectivity index (χ0) is 12.6. The third-order valence-electron chi connectivity index (χ3n) is 2.75. The van der Waals surface area contributed by atoms with E-state index in [1.165, 1.54) is 0 Å². The topological polar surface area (TPSA) is 49.3 Å². The van der Waals surface area contributed by atoms with Gasteiger partial charge in [0, 0.05) is 6.42 Å². The first-order valence-corrected chi connectivity index (χ1v) is 5.04. The van der Waals surface area contributed by atoms with Gasteiger partial charge < -0.3 is 10.4 Å². The maximum Gasteiger partial charge on any atom is 0.471 e. The van der Waals surface area contributed by atoms with Gasteiger partial charge >= 0.3 is 12.1 Å². The number of benzene rings is 1. The Balaban J connectivity index is 2.18. The molecule has 0 aromatic heterocycles. The Hall–Kier alpha value is -1.56. The number of halogens is 3. The molecule has 0 aliphatic heterocycles. The standard InChI is InChI=1S/C11H10F3NO2/c12-11(13,14)10(17)15-8-5-9(16)7-4-2-1-3-6(7)8/h1-4,8-9,16H,5H2,(H,15,17)/t8-,9?/m0/s1. The highest BCUT2D eigenvalue weighted by atomic mass is 19.4. The Morgan fingerprint density at radius 2 is 1.88 bits per heavy atom. The highest BCUT2D eigenvalue weighted by Crippen LogP contribution is 2.38. The third-order valence-corrected chi connectivity index (χ3v) is 2.75. The van der Waals surface area contributed by atoms with Crippen LogP contribution in [0.25, 0.3) is 0 Å². The molecule has 0 heterocycles.